The first kappa shape index (κ1) is 11.4. The van der Waals surface area contributed by atoms with E-state index in [9.17, 15) is 5.11 Å². The van der Waals surface area contributed by atoms with Crippen LogP contribution in [-0.4, -0.2) is 37.5 Å². The fraction of sp³-hybridized carbons (Fsp3) is 1.00. The zero-order chi connectivity index (χ0) is 10.7. The van der Waals surface area contributed by atoms with E-state index in [4.69, 9.17) is 4.74 Å². The van der Waals surface area contributed by atoms with Crippen LogP contribution in [0.15, 0.2) is 0 Å². The van der Waals surface area contributed by atoms with Crippen molar-refractivity contribution < 1.29 is 9.84 Å². The number of rotatable bonds is 8. The Hall–Kier alpha value is -0.120. The Morgan fingerprint density at radius 1 is 1.33 bits per heavy atom. The molecule has 88 valence electrons. The van der Waals surface area contributed by atoms with Gasteiger partial charge in [0.05, 0.1) is 18.8 Å². The highest BCUT2D eigenvalue weighted by atomic mass is 16.5. The number of nitrogens with one attached hydrogen (secondary N) is 1. The molecule has 2 aliphatic rings. The molecule has 2 fully saturated rings. The lowest BCUT2D eigenvalue weighted by molar-refractivity contribution is 0.0256. The highest BCUT2D eigenvalue weighted by Crippen LogP contribution is 2.39. The summed E-state index contributed by atoms with van der Waals surface area (Å²) in [6, 6.07) is 0. The third-order valence-electron chi connectivity index (χ3n) is 3.87. The summed E-state index contributed by atoms with van der Waals surface area (Å²) in [6.45, 7) is 1.72. The van der Waals surface area contributed by atoms with E-state index in [1.807, 2.05) is 7.05 Å². The topological polar surface area (TPSA) is 41.5 Å². The lowest BCUT2D eigenvalue weighted by Crippen LogP contribution is -2.52. The normalized spacial score (nSPS) is 25.2. The van der Waals surface area contributed by atoms with E-state index >= 15 is 0 Å². The van der Waals surface area contributed by atoms with E-state index in [2.05, 4.69) is 5.32 Å². The average molecular weight is 213 g/mol. The van der Waals surface area contributed by atoms with Gasteiger partial charge in [0.25, 0.3) is 0 Å². The van der Waals surface area contributed by atoms with E-state index in [1.165, 1.54) is 32.1 Å². The Balaban J connectivity index is 1.67. The average Bonchev–Trinajstić information content (AvgIpc) is 3.12. The van der Waals surface area contributed by atoms with Gasteiger partial charge in [-0.2, -0.15) is 0 Å². The highest BCUT2D eigenvalue weighted by Gasteiger charge is 2.44. The second-order valence-corrected chi connectivity index (χ2v) is 5.12. The van der Waals surface area contributed by atoms with E-state index in [0.717, 1.165) is 12.5 Å². The lowest BCUT2D eigenvalue weighted by Gasteiger charge is -2.31. The molecule has 0 saturated heterocycles. The van der Waals surface area contributed by atoms with Gasteiger partial charge in [0.2, 0.25) is 0 Å². The van der Waals surface area contributed by atoms with Crippen LogP contribution in [-0.2, 0) is 4.74 Å². The Morgan fingerprint density at radius 2 is 2.07 bits per heavy atom. The van der Waals surface area contributed by atoms with Crippen LogP contribution in [0.25, 0.3) is 0 Å². The number of aliphatic hydroxyl groups is 1. The van der Waals surface area contributed by atoms with Gasteiger partial charge in [-0.05, 0) is 38.1 Å². The molecule has 1 atom stereocenters. The number of ether oxygens (including phenoxy) is 1. The molecule has 0 radical (unpaired) electrons. The van der Waals surface area contributed by atoms with Gasteiger partial charge < -0.3 is 15.2 Å². The van der Waals surface area contributed by atoms with Crippen LogP contribution >= 0.6 is 0 Å². The first-order chi connectivity index (χ1) is 7.30. The molecule has 2 N–H and O–H groups in total. The Bertz CT molecular complexity index is 196. The zero-order valence-corrected chi connectivity index (χ0v) is 9.67. The molecule has 0 aromatic heterocycles. The smallest absolute Gasteiger partial charge is 0.0676 e. The second-order valence-electron chi connectivity index (χ2n) is 5.12. The van der Waals surface area contributed by atoms with Gasteiger partial charge >= 0.3 is 0 Å². The Kier molecular flexibility index (Phi) is 3.65. The van der Waals surface area contributed by atoms with Crippen molar-refractivity contribution in [3.05, 3.63) is 0 Å². The van der Waals surface area contributed by atoms with Crippen LogP contribution in [0.4, 0.5) is 0 Å². The summed E-state index contributed by atoms with van der Waals surface area (Å²) < 4.78 is 5.71. The first-order valence-electron chi connectivity index (χ1n) is 6.18. The largest absolute Gasteiger partial charge is 0.394 e. The van der Waals surface area contributed by atoms with Crippen molar-refractivity contribution in [2.45, 2.75) is 37.6 Å². The first-order valence-corrected chi connectivity index (χ1v) is 6.18. The van der Waals surface area contributed by atoms with Gasteiger partial charge in [-0.25, -0.2) is 0 Å². The van der Waals surface area contributed by atoms with Crippen LogP contribution < -0.4 is 5.32 Å². The minimum absolute atomic E-state index is 0.163. The van der Waals surface area contributed by atoms with Gasteiger partial charge in [-0.15, -0.1) is 0 Å². The van der Waals surface area contributed by atoms with Crippen LogP contribution in [0.2, 0.25) is 0 Å². The fourth-order valence-electron chi connectivity index (χ4n) is 2.19. The van der Waals surface area contributed by atoms with Crippen LogP contribution in [0, 0.1) is 11.8 Å². The van der Waals surface area contributed by atoms with Crippen LogP contribution in [0.3, 0.4) is 0 Å². The number of aliphatic hydroxyl groups excluding tert-OH is 1. The van der Waals surface area contributed by atoms with Crippen molar-refractivity contribution in [1.82, 2.24) is 5.32 Å². The van der Waals surface area contributed by atoms with E-state index in [-0.39, 0.29) is 12.1 Å². The lowest BCUT2D eigenvalue weighted by atomic mass is 9.96. The summed E-state index contributed by atoms with van der Waals surface area (Å²) in [6.07, 6.45) is 6.45. The molecule has 0 spiro atoms. The quantitative estimate of drug-likeness (QED) is 0.595. The van der Waals surface area contributed by atoms with Crippen molar-refractivity contribution >= 4 is 0 Å². The summed E-state index contributed by atoms with van der Waals surface area (Å²) >= 11 is 0. The van der Waals surface area contributed by atoms with Crippen LogP contribution in [0.5, 0.6) is 0 Å². The van der Waals surface area contributed by atoms with Gasteiger partial charge in [-0.1, -0.05) is 12.8 Å². The monoisotopic (exact) mass is 213 g/mol. The van der Waals surface area contributed by atoms with Crippen molar-refractivity contribution in [3.8, 4) is 0 Å². The van der Waals surface area contributed by atoms with Crippen LogP contribution in [0.1, 0.15) is 32.1 Å². The van der Waals surface area contributed by atoms with E-state index in [1.54, 1.807) is 0 Å². The highest BCUT2D eigenvalue weighted by molar-refractivity contribution is 5.00. The van der Waals surface area contributed by atoms with Gasteiger partial charge in [0, 0.05) is 6.61 Å². The van der Waals surface area contributed by atoms with Crippen molar-refractivity contribution in [2.75, 3.05) is 26.9 Å². The number of likely N-dealkylation sites (N-methyl/N-ethyl adjacent to an activating group) is 1. The predicted octanol–water partition coefficient (Wildman–Crippen LogP) is 1.16. The molecule has 2 saturated carbocycles. The molecule has 0 amide bonds. The maximum atomic E-state index is 9.47. The zero-order valence-electron chi connectivity index (χ0n) is 9.67. The van der Waals surface area contributed by atoms with Gasteiger partial charge in [-0.3, -0.25) is 0 Å². The third-order valence-corrected chi connectivity index (χ3v) is 3.87. The molecular formula is C12H23NO2. The van der Waals surface area contributed by atoms with E-state index in [0.29, 0.717) is 12.5 Å². The SMILES string of the molecule is CNC(CO)(COCCC1CC1)C1CC1. The van der Waals surface area contributed by atoms with Crippen molar-refractivity contribution in [3.63, 3.8) is 0 Å². The Morgan fingerprint density at radius 3 is 2.53 bits per heavy atom. The minimum atomic E-state index is -0.163. The molecule has 1 unspecified atom stereocenters. The summed E-state index contributed by atoms with van der Waals surface area (Å²) in [4.78, 5) is 0. The predicted molar refractivity (Wildman–Crippen MR) is 59.8 cm³/mol. The maximum absolute atomic E-state index is 9.47. The molecule has 0 aliphatic heterocycles. The molecule has 0 aromatic carbocycles. The molecule has 3 heteroatoms. The molecule has 2 aliphatic carbocycles. The standard InChI is InChI=1S/C12H23NO2/c1-13-12(8-14,11-4-5-11)9-15-7-6-10-2-3-10/h10-11,13-14H,2-9H2,1H3. The number of hydrogen-bond donors (Lipinski definition) is 2. The molecule has 3 nitrogen and oxygen atoms in total. The summed E-state index contributed by atoms with van der Waals surface area (Å²) in [5.74, 6) is 1.55. The third kappa shape index (κ3) is 2.92. The molecule has 15 heavy (non-hydrogen) atoms. The molecule has 2 rings (SSSR count). The molecule has 0 heterocycles. The summed E-state index contributed by atoms with van der Waals surface area (Å²) in [5.41, 5.74) is -0.163. The van der Waals surface area contributed by atoms with Crippen molar-refractivity contribution in [2.24, 2.45) is 11.8 Å². The Labute approximate surface area is 92.2 Å². The summed E-state index contributed by atoms with van der Waals surface area (Å²) in [5, 5.41) is 12.7. The van der Waals surface area contributed by atoms with Gasteiger partial charge in [0.1, 0.15) is 0 Å². The summed E-state index contributed by atoms with van der Waals surface area (Å²) in [7, 11) is 1.93. The van der Waals surface area contributed by atoms with Gasteiger partial charge in [0.15, 0.2) is 0 Å². The number of hydrogen-bond acceptors (Lipinski definition) is 3. The molecule has 0 bridgehead atoms. The minimum Gasteiger partial charge on any atom is -0.394 e. The fourth-order valence-corrected chi connectivity index (χ4v) is 2.19. The maximum Gasteiger partial charge on any atom is 0.0676 e. The molecule has 0 aromatic rings. The molecular weight excluding hydrogens is 190 g/mol. The second kappa shape index (κ2) is 4.81. The van der Waals surface area contributed by atoms with E-state index < -0.39 is 0 Å². The van der Waals surface area contributed by atoms with Crippen molar-refractivity contribution in [1.29, 1.82) is 0 Å².